The summed E-state index contributed by atoms with van der Waals surface area (Å²) in [4.78, 5) is 11.4. The molecule has 4 heteroatoms. The van der Waals surface area contributed by atoms with Gasteiger partial charge in [-0.2, -0.15) is 0 Å². The maximum Gasteiger partial charge on any atom is 0.299 e. The zero-order valence-corrected chi connectivity index (χ0v) is 19.0. The van der Waals surface area contributed by atoms with Crippen molar-refractivity contribution in [3.8, 4) is 11.7 Å². The Morgan fingerprint density at radius 3 is 1.62 bits per heavy atom. The second kappa shape index (κ2) is 18.6. The lowest BCUT2D eigenvalue weighted by Crippen LogP contribution is -2.01. The molecule has 1 aromatic rings. The van der Waals surface area contributed by atoms with E-state index in [9.17, 15) is 4.79 Å². The highest BCUT2D eigenvalue weighted by Gasteiger charge is 2.15. The fourth-order valence-corrected chi connectivity index (χ4v) is 3.48. The Bertz CT molecular complexity index is 456. The van der Waals surface area contributed by atoms with Crippen molar-refractivity contribution in [2.45, 2.75) is 117 Å². The van der Waals surface area contributed by atoms with E-state index < -0.39 is 0 Å². The highest BCUT2D eigenvalue weighted by Crippen LogP contribution is 2.30. The number of carbonyl (C=O) groups excluding carboxylic acids is 1. The highest BCUT2D eigenvalue weighted by molar-refractivity contribution is 5.82. The van der Waals surface area contributed by atoms with Crippen molar-refractivity contribution in [2.75, 3.05) is 13.2 Å². The normalized spacial score (nSPS) is 11.0. The Morgan fingerprint density at radius 1 is 0.690 bits per heavy atom. The van der Waals surface area contributed by atoms with Gasteiger partial charge in [-0.3, -0.25) is 4.79 Å². The summed E-state index contributed by atoms with van der Waals surface area (Å²) in [5.74, 6) is 0.808. The van der Waals surface area contributed by atoms with Gasteiger partial charge in [0.2, 0.25) is 0 Å². The summed E-state index contributed by atoms with van der Waals surface area (Å²) in [5, 5.41) is 0. The van der Waals surface area contributed by atoms with Gasteiger partial charge in [0.25, 0.3) is 5.95 Å². The van der Waals surface area contributed by atoms with Crippen LogP contribution in [0.4, 0.5) is 0 Å². The molecule has 29 heavy (non-hydrogen) atoms. The summed E-state index contributed by atoms with van der Waals surface area (Å²) < 4.78 is 16.8. The molecule has 0 N–H and O–H groups in total. The number of carbonyl (C=O) groups is 1. The maximum atomic E-state index is 11.4. The van der Waals surface area contributed by atoms with E-state index in [1.54, 1.807) is 0 Å². The van der Waals surface area contributed by atoms with Crippen molar-refractivity contribution in [2.24, 2.45) is 0 Å². The lowest BCUT2D eigenvalue weighted by molar-refractivity contribution is 0.111. The smallest absolute Gasteiger partial charge is 0.299 e. The third-order valence-corrected chi connectivity index (χ3v) is 5.36. The zero-order chi connectivity index (χ0) is 21.0. The van der Waals surface area contributed by atoms with E-state index in [-0.39, 0.29) is 0 Å². The molecule has 0 aromatic carbocycles. The molecule has 1 aromatic heterocycles. The fourth-order valence-electron chi connectivity index (χ4n) is 3.48. The fraction of sp³-hybridized carbons (Fsp3) is 0.800. The van der Waals surface area contributed by atoms with Crippen LogP contribution in [0.15, 0.2) is 10.7 Å². The Kier molecular flexibility index (Phi) is 16.4. The Balaban J connectivity index is 2.11. The van der Waals surface area contributed by atoms with Crippen molar-refractivity contribution in [1.29, 1.82) is 0 Å². The van der Waals surface area contributed by atoms with Gasteiger partial charge in [0.1, 0.15) is 11.8 Å². The van der Waals surface area contributed by atoms with Crippen molar-refractivity contribution in [3.63, 3.8) is 0 Å². The highest BCUT2D eigenvalue weighted by atomic mass is 16.6. The molecule has 0 aliphatic heterocycles. The van der Waals surface area contributed by atoms with Gasteiger partial charge < -0.3 is 13.9 Å². The van der Waals surface area contributed by atoms with Gasteiger partial charge in [0.05, 0.1) is 13.2 Å². The van der Waals surface area contributed by atoms with Gasteiger partial charge >= 0.3 is 0 Å². The molecule has 0 aliphatic carbocycles. The molecule has 0 unspecified atom stereocenters. The second-order valence-corrected chi connectivity index (χ2v) is 8.07. The van der Waals surface area contributed by atoms with E-state index in [2.05, 4.69) is 13.8 Å². The molecule has 168 valence electrons. The molecule has 0 aliphatic rings. The van der Waals surface area contributed by atoms with Crippen molar-refractivity contribution >= 4 is 6.29 Å². The SMILES string of the molecule is CCCCCCCCCCOc1coc(OCCCCCCCCCC)c1C=O. The summed E-state index contributed by atoms with van der Waals surface area (Å²) >= 11 is 0. The average molecular weight is 409 g/mol. The van der Waals surface area contributed by atoms with Crippen LogP contribution < -0.4 is 9.47 Å². The molecule has 0 saturated heterocycles. The molecule has 0 fully saturated rings. The molecular formula is C25H44O4. The van der Waals surface area contributed by atoms with E-state index in [4.69, 9.17) is 13.9 Å². The van der Waals surface area contributed by atoms with Gasteiger partial charge in [-0.15, -0.1) is 0 Å². The third kappa shape index (κ3) is 12.7. The number of unbranched alkanes of at least 4 members (excludes halogenated alkanes) is 14. The largest absolute Gasteiger partial charge is 0.489 e. The van der Waals surface area contributed by atoms with Gasteiger partial charge in [-0.25, -0.2) is 0 Å². The third-order valence-electron chi connectivity index (χ3n) is 5.36. The van der Waals surface area contributed by atoms with Gasteiger partial charge in [-0.1, -0.05) is 104 Å². The summed E-state index contributed by atoms with van der Waals surface area (Å²) in [6.07, 6.45) is 22.4. The monoisotopic (exact) mass is 408 g/mol. The summed E-state index contributed by atoms with van der Waals surface area (Å²) in [7, 11) is 0. The molecule has 0 bridgehead atoms. The predicted molar refractivity (Wildman–Crippen MR) is 120 cm³/mol. The van der Waals surface area contributed by atoms with Crippen LogP contribution >= 0.6 is 0 Å². The van der Waals surface area contributed by atoms with Crippen molar-refractivity contribution in [3.05, 3.63) is 11.8 Å². The summed E-state index contributed by atoms with van der Waals surface area (Å²) in [5.41, 5.74) is 0.407. The quantitative estimate of drug-likeness (QED) is 0.152. The lowest BCUT2D eigenvalue weighted by atomic mass is 10.1. The van der Waals surface area contributed by atoms with E-state index in [0.29, 0.717) is 30.5 Å². The molecule has 0 atom stereocenters. The van der Waals surface area contributed by atoms with Crippen LogP contribution in [0.5, 0.6) is 11.7 Å². The van der Waals surface area contributed by atoms with Gasteiger partial charge in [0, 0.05) is 0 Å². The van der Waals surface area contributed by atoms with Crippen LogP contribution in [0.2, 0.25) is 0 Å². The first-order chi connectivity index (χ1) is 14.3. The molecule has 0 radical (unpaired) electrons. The first-order valence-corrected chi connectivity index (χ1v) is 12.2. The van der Waals surface area contributed by atoms with Crippen LogP contribution in [-0.2, 0) is 0 Å². The molecule has 0 saturated carbocycles. The minimum Gasteiger partial charge on any atom is -0.489 e. The molecule has 4 nitrogen and oxygen atoms in total. The number of aldehydes is 1. The number of hydrogen-bond donors (Lipinski definition) is 0. The van der Waals surface area contributed by atoms with E-state index >= 15 is 0 Å². The Labute approximate surface area is 178 Å². The molecule has 1 rings (SSSR count). The van der Waals surface area contributed by atoms with Crippen molar-refractivity contribution < 1.29 is 18.7 Å². The van der Waals surface area contributed by atoms with Crippen LogP contribution in [0.25, 0.3) is 0 Å². The van der Waals surface area contributed by atoms with Gasteiger partial charge in [-0.05, 0) is 12.8 Å². The molecule has 1 heterocycles. The zero-order valence-electron chi connectivity index (χ0n) is 19.0. The molecule has 0 amide bonds. The van der Waals surface area contributed by atoms with Crippen LogP contribution in [0.1, 0.15) is 127 Å². The summed E-state index contributed by atoms with van der Waals surface area (Å²) in [6, 6.07) is 0. The van der Waals surface area contributed by atoms with Gasteiger partial charge in [0.15, 0.2) is 12.0 Å². The molecular weight excluding hydrogens is 364 g/mol. The minimum atomic E-state index is 0.300. The van der Waals surface area contributed by atoms with E-state index in [0.717, 1.165) is 25.5 Å². The first kappa shape index (κ1) is 25.6. The Hall–Kier alpha value is -1.45. The lowest BCUT2D eigenvalue weighted by Gasteiger charge is -2.06. The van der Waals surface area contributed by atoms with Crippen LogP contribution in [-0.4, -0.2) is 19.5 Å². The number of furan rings is 1. The predicted octanol–water partition coefficient (Wildman–Crippen LogP) is 8.13. The number of hydrogen-bond acceptors (Lipinski definition) is 4. The van der Waals surface area contributed by atoms with Crippen molar-refractivity contribution in [1.82, 2.24) is 0 Å². The topological polar surface area (TPSA) is 48.7 Å². The van der Waals surface area contributed by atoms with E-state index in [1.165, 1.54) is 89.7 Å². The summed E-state index contributed by atoms with van der Waals surface area (Å²) in [6.45, 7) is 5.69. The van der Waals surface area contributed by atoms with E-state index in [1.807, 2.05) is 0 Å². The number of ether oxygens (including phenoxy) is 2. The maximum absolute atomic E-state index is 11.4. The average Bonchev–Trinajstić information content (AvgIpc) is 3.13. The first-order valence-electron chi connectivity index (χ1n) is 12.2. The number of rotatable bonds is 21. The molecule has 0 spiro atoms. The standard InChI is InChI=1S/C25H44O4/c1-3-5-7-9-11-13-15-17-19-27-24-22-29-25(23(24)21-26)28-20-18-16-14-12-10-8-6-4-2/h21-22H,3-20H2,1-2H3. The van der Waals surface area contributed by atoms with Crippen LogP contribution in [0, 0.1) is 0 Å². The second-order valence-electron chi connectivity index (χ2n) is 8.07. The Morgan fingerprint density at radius 2 is 1.14 bits per heavy atom. The minimum absolute atomic E-state index is 0.300. The van der Waals surface area contributed by atoms with Crippen LogP contribution in [0.3, 0.4) is 0 Å².